The molecule has 0 heterocycles. The standard InChI is InChI=1S/C11H18O4.Ca.2H/c1-2-11(9(12)13,10(14)15)8-6-4-3-5-7-8;;;/h8H,2-7H2,1H3,(H,12,13)(H,14,15);;;/q;+2;2*-1. The van der Waals surface area contributed by atoms with E-state index in [1.54, 1.807) is 6.92 Å². The summed E-state index contributed by atoms with van der Waals surface area (Å²) in [5, 5.41) is 18.3. The molecule has 0 aromatic carbocycles. The second kappa shape index (κ2) is 6.82. The van der Waals surface area contributed by atoms with Gasteiger partial charge in [0.25, 0.3) is 0 Å². The van der Waals surface area contributed by atoms with Crippen molar-refractivity contribution in [3.63, 3.8) is 0 Å². The molecule has 1 fully saturated rings. The van der Waals surface area contributed by atoms with Gasteiger partial charge in [-0.1, -0.05) is 26.2 Å². The van der Waals surface area contributed by atoms with E-state index in [1.165, 1.54) is 0 Å². The van der Waals surface area contributed by atoms with Crippen LogP contribution in [0.3, 0.4) is 0 Å². The molecule has 1 aliphatic carbocycles. The number of aliphatic carboxylic acids is 2. The maximum absolute atomic E-state index is 11.2. The Morgan fingerprint density at radius 3 is 1.94 bits per heavy atom. The Hall–Kier alpha value is 0.200. The Kier molecular flexibility index (Phi) is 6.90. The molecular weight excluding hydrogens is 236 g/mol. The maximum atomic E-state index is 11.2. The van der Waals surface area contributed by atoms with Gasteiger partial charge in [-0.25, -0.2) is 0 Å². The van der Waals surface area contributed by atoms with E-state index in [-0.39, 0.29) is 52.9 Å². The van der Waals surface area contributed by atoms with Gasteiger partial charge >= 0.3 is 49.7 Å². The van der Waals surface area contributed by atoms with Gasteiger partial charge in [0.1, 0.15) is 0 Å². The predicted molar refractivity (Wildman–Crippen MR) is 62.5 cm³/mol. The molecule has 5 heteroatoms. The zero-order valence-electron chi connectivity index (χ0n) is 11.7. The number of hydrogen-bond donors (Lipinski definition) is 2. The van der Waals surface area contributed by atoms with Crippen molar-refractivity contribution < 1.29 is 22.7 Å². The molecule has 90 valence electrons. The van der Waals surface area contributed by atoms with Crippen LogP contribution < -0.4 is 0 Å². The molecule has 0 unspecified atom stereocenters. The first-order valence-electron chi connectivity index (χ1n) is 5.52. The van der Waals surface area contributed by atoms with Crippen molar-refractivity contribution >= 4 is 49.7 Å². The molecule has 16 heavy (non-hydrogen) atoms. The van der Waals surface area contributed by atoms with Crippen LogP contribution in [-0.2, 0) is 9.59 Å². The zero-order chi connectivity index (χ0) is 11.5. The minimum Gasteiger partial charge on any atom is -1.00 e. The Labute approximate surface area is 128 Å². The van der Waals surface area contributed by atoms with E-state index >= 15 is 0 Å². The van der Waals surface area contributed by atoms with Gasteiger partial charge in [0.15, 0.2) is 5.41 Å². The van der Waals surface area contributed by atoms with E-state index in [0.29, 0.717) is 0 Å². The van der Waals surface area contributed by atoms with E-state index in [1.807, 2.05) is 0 Å². The zero-order valence-corrected chi connectivity index (χ0v) is 11.9. The average molecular weight is 256 g/mol. The number of carboxylic acids is 2. The quantitative estimate of drug-likeness (QED) is 0.595. The SMILES string of the molecule is CCC(C(=O)O)(C(=O)O)C1CCCCC1.[Ca+2].[H-].[H-]. The summed E-state index contributed by atoms with van der Waals surface area (Å²) in [6.07, 6.45) is 4.62. The molecule has 0 bridgehead atoms. The third-order valence-electron chi connectivity index (χ3n) is 3.62. The Morgan fingerprint density at radius 2 is 1.62 bits per heavy atom. The molecule has 1 saturated carbocycles. The molecule has 0 aliphatic heterocycles. The largest absolute Gasteiger partial charge is 2.00 e. The van der Waals surface area contributed by atoms with Crippen LogP contribution in [0.25, 0.3) is 0 Å². The third kappa shape index (κ3) is 2.90. The van der Waals surface area contributed by atoms with Crippen LogP contribution in [0, 0.1) is 11.3 Å². The van der Waals surface area contributed by atoms with Crippen LogP contribution in [0.2, 0.25) is 0 Å². The van der Waals surface area contributed by atoms with Gasteiger partial charge < -0.3 is 13.1 Å². The molecule has 4 nitrogen and oxygen atoms in total. The summed E-state index contributed by atoms with van der Waals surface area (Å²) < 4.78 is 0. The van der Waals surface area contributed by atoms with Crippen LogP contribution in [0.5, 0.6) is 0 Å². The van der Waals surface area contributed by atoms with E-state index in [4.69, 9.17) is 10.2 Å². The van der Waals surface area contributed by atoms with Crippen molar-refractivity contribution in [3.05, 3.63) is 0 Å². The summed E-state index contributed by atoms with van der Waals surface area (Å²) >= 11 is 0. The number of rotatable bonds is 4. The number of carboxylic acid groups (broad SMARTS) is 2. The Morgan fingerprint density at radius 1 is 1.19 bits per heavy atom. The second-order valence-corrected chi connectivity index (χ2v) is 4.27. The topological polar surface area (TPSA) is 74.6 Å². The Bertz CT molecular complexity index is 254. The maximum Gasteiger partial charge on any atom is 2.00 e. The molecule has 0 atom stereocenters. The van der Waals surface area contributed by atoms with Crippen molar-refractivity contribution in [2.45, 2.75) is 45.4 Å². The molecule has 0 radical (unpaired) electrons. The van der Waals surface area contributed by atoms with Gasteiger partial charge in [-0.15, -0.1) is 0 Å². The minimum atomic E-state index is -1.56. The Balaban J connectivity index is -0.000000750. The third-order valence-corrected chi connectivity index (χ3v) is 3.62. The monoisotopic (exact) mass is 256 g/mol. The normalized spacial score (nSPS) is 17.6. The van der Waals surface area contributed by atoms with E-state index in [9.17, 15) is 9.59 Å². The van der Waals surface area contributed by atoms with Gasteiger partial charge in [-0.05, 0) is 25.2 Å². The van der Waals surface area contributed by atoms with Crippen LogP contribution in [-0.4, -0.2) is 59.9 Å². The smallest absolute Gasteiger partial charge is 1.00 e. The van der Waals surface area contributed by atoms with E-state index < -0.39 is 17.4 Å². The van der Waals surface area contributed by atoms with Gasteiger partial charge in [-0.2, -0.15) is 0 Å². The van der Waals surface area contributed by atoms with Crippen LogP contribution in [0.15, 0.2) is 0 Å². The fourth-order valence-corrected chi connectivity index (χ4v) is 2.63. The van der Waals surface area contributed by atoms with Crippen molar-refractivity contribution in [3.8, 4) is 0 Å². The molecule has 0 spiro atoms. The van der Waals surface area contributed by atoms with Crippen molar-refractivity contribution in [2.75, 3.05) is 0 Å². The number of hydrogen-bond acceptors (Lipinski definition) is 2. The molecule has 1 aliphatic rings. The molecular formula is C11H20CaO4. The molecule has 0 saturated heterocycles. The van der Waals surface area contributed by atoms with Crippen LogP contribution in [0.4, 0.5) is 0 Å². The van der Waals surface area contributed by atoms with Gasteiger partial charge in [0, 0.05) is 0 Å². The summed E-state index contributed by atoms with van der Waals surface area (Å²) in [4.78, 5) is 22.4. The summed E-state index contributed by atoms with van der Waals surface area (Å²) in [6, 6.07) is 0. The van der Waals surface area contributed by atoms with Crippen molar-refractivity contribution in [1.82, 2.24) is 0 Å². The van der Waals surface area contributed by atoms with Gasteiger partial charge in [-0.3, -0.25) is 9.59 Å². The summed E-state index contributed by atoms with van der Waals surface area (Å²) in [5.74, 6) is -2.56. The average Bonchev–Trinajstić information content (AvgIpc) is 2.20. The summed E-state index contributed by atoms with van der Waals surface area (Å²) in [6.45, 7) is 1.65. The predicted octanol–water partition coefficient (Wildman–Crippen LogP) is 1.98. The summed E-state index contributed by atoms with van der Waals surface area (Å²) in [5.41, 5.74) is -1.56. The minimum absolute atomic E-state index is 0. The van der Waals surface area contributed by atoms with Crippen molar-refractivity contribution in [2.24, 2.45) is 11.3 Å². The fourth-order valence-electron chi connectivity index (χ4n) is 2.63. The molecule has 2 N–H and O–H groups in total. The van der Waals surface area contributed by atoms with Gasteiger partial charge in [0.05, 0.1) is 0 Å². The number of carbonyl (C=O) groups is 2. The molecule has 1 rings (SSSR count). The second-order valence-electron chi connectivity index (χ2n) is 4.27. The molecule has 0 aromatic heterocycles. The van der Waals surface area contributed by atoms with Crippen LogP contribution in [0.1, 0.15) is 48.3 Å². The summed E-state index contributed by atoms with van der Waals surface area (Å²) in [7, 11) is 0. The first-order chi connectivity index (χ1) is 7.05. The fraction of sp³-hybridized carbons (Fsp3) is 0.818. The van der Waals surface area contributed by atoms with Crippen LogP contribution >= 0.6 is 0 Å². The van der Waals surface area contributed by atoms with E-state index in [0.717, 1.165) is 32.1 Å². The first kappa shape index (κ1) is 16.2. The first-order valence-corrected chi connectivity index (χ1v) is 5.52. The van der Waals surface area contributed by atoms with Crippen molar-refractivity contribution in [1.29, 1.82) is 0 Å². The van der Waals surface area contributed by atoms with Gasteiger partial charge in [0.2, 0.25) is 0 Å². The molecule has 0 amide bonds. The van der Waals surface area contributed by atoms with E-state index in [2.05, 4.69) is 0 Å². The molecule has 0 aromatic rings.